The number of hydrogen-bond donors (Lipinski definition) is 1. The normalized spacial score (nSPS) is 20.7. The fourth-order valence-corrected chi connectivity index (χ4v) is 2.23. The lowest BCUT2D eigenvalue weighted by Crippen LogP contribution is -2.47. The third kappa shape index (κ3) is 2.70. The smallest absolute Gasteiger partial charge is 0.225 e. The third-order valence-electron chi connectivity index (χ3n) is 2.99. The van der Waals surface area contributed by atoms with Crippen LogP contribution < -0.4 is 10.2 Å². The van der Waals surface area contributed by atoms with Gasteiger partial charge in [-0.3, -0.25) is 0 Å². The van der Waals surface area contributed by atoms with E-state index in [1.165, 1.54) is 12.8 Å². The van der Waals surface area contributed by atoms with Crippen LogP contribution in [-0.2, 0) is 0 Å². The fraction of sp³-hybridized carbons (Fsp3) is 0.667. The lowest BCUT2D eigenvalue weighted by atomic mass is 10.1. The molecule has 0 amide bonds. The summed E-state index contributed by atoms with van der Waals surface area (Å²) in [5.74, 6) is 0.873. The van der Waals surface area contributed by atoms with Gasteiger partial charge in [0.15, 0.2) is 0 Å². The highest BCUT2D eigenvalue weighted by Crippen LogP contribution is 2.16. The van der Waals surface area contributed by atoms with E-state index in [1.54, 1.807) is 0 Å². The highest BCUT2D eigenvalue weighted by molar-refractivity contribution is 5.30. The number of nitrogens with zero attached hydrogens (tertiary/aromatic N) is 3. The quantitative estimate of drug-likeness (QED) is 0.833. The molecule has 1 aliphatic rings. The van der Waals surface area contributed by atoms with Gasteiger partial charge in [-0.15, -0.1) is 0 Å². The summed E-state index contributed by atoms with van der Waals surface area (Å²) in [6, 6.07) is 2.42. The van der Waals surface area contributed by atoms with Crippen molar-refractivity contribution in [1.29, 1.82) is 0 Å². The number of aromatic nitrogens is 2. The molecule has 0 aromatic carbocycles. The first-order valence-electron chi connectivity index (χ1n) is 6.16. The van der Waals surface area contributed by atoms with Gasteiger partial charge < -0.3 is 10.2 Å². The molecular formula is C12H20N4. The Morgan fingerprint density at radius 3 is 2.88 bits per heavy atom. The first-order valence-corrected chi connectivity index (χ1v) is 6.16. The van der Waals surface area contributed by atoms with Crippen molar-refractivity contribution in [3.8, 4) is 0 Å². The predicted molar refractivity (Wildman–Crippen MR) is 65.6 cm³/mol. The second-order valence-corrected chi connectivity index (χ2v) is 4.24. The SMILES string of the molecule is CCCN(c1ncccn1)C1CCCNC1. The zero-order valence-corrected chi connectivity index (χ0v) is 9.89. The van der Waals surface area contributed by atoms with E-state index in [0.29, 0.717) is 6.04 Å². The molecule has 4 nitrogen and oxygen atoms in total. The van der Waals surface area contributed by atoms with Crippen molar-refractivity contribution in [2.24, 2.45) is 0 Å². The third-order valence-corrected chi connectivity index (χ3v) is 2.99. The molecule has 1 aromatic heterocycles. The minimum absolute atomic E-state index is 0.552. The minimum Gasteiger partial charge on any atom is -0.337 e. The van der Waals surface area contributed by atoms with Crippen LogP contribution in [0.3, 0.4) is 0 Å². The molecule has 0 spiro atoms. The number of nitrogens with one attached hydrogen (secondary N) is 1. The number of anilines is 1. The lowest BCUT2D eigenvalue weighted by Gasteiger charge is -2.34. The van der Waals surface area contributed by atoms with Crippen LogP contribution in [0.5, 0.6) is 0 Å². The van der Waals surface area contributed by atoms with E-state index < -0.39 is 0 Å². The summed E-state index contributed by atoms with van der Waals surface area (Å²) in [6.07, 6.45) is 7.26. The van der Waals surface area contributed by atoms with Crippen LogP contribution in [0.4, 0.5) is 5.95 Å². The second kappa shape index (κ2) is 5.80. The van der Waals surface area contributed by atoms with Gasteiger partial charge in [-0.25, -0.2) is 9.97 Å². The van der Waals surface area contributed by atoms with Crippen molar-refractivity contribution in [3.05, 3.63) is 18.5 Å². The number of piperidine rings is 1. The molecule has 0 bridgehead atoms. The molecule has 0 radical (unpaired) electrons. The monoisotopic (exact) mass is 220 g/mol. The Morgan fingerprint density at radius 2 is 2.25 bits per heavy atom. The topological polar surface area (TPSA) is 41.1 Å². The highest BCUT2D eigenvalue weighted by atomic mass is 15.3. The summed E-state index contributed by atoms with van der Waals surface area (Å²) in [5.41, 5.74) is 0. The van der Waals surface area contributed by atoms with Crippen LogP contribution in [-0.4, -0.2) is 35.6 Å². The van der Waals surface area contributed by atoms with Crippen molar-refractivity contribution >= 4 is 5.95 Å². The molecule has 1 aliphatic heterocycles. The van der Waals surface area contributed by atoms with E-state index in [9.17, 15) is 0 Å². The van der Waals surface area contributed by atoms with E-state index in [0.717, 1.165) is 32.0 Å². The van der Waals surface area contributed by atoms with Crippen molar-refractivity contribution in [2.75, 3.05) is 24.5 Å². The minimum atomic E-state index is 0.552. The summed E-state index contributed by atoms with van der Waals surface area (Å²) in [6.45, 7) is 5.44. The van der Waals surface area contributed by atoms with Crippen molar-refractivity contribution in [2.45, 2.75) is 32.2 Å². The molecule has 2 heterocycles. The highest BCUT2D eigenvalue weighted by Gasteiger charge is 2.21. The first-order chi connectivity index (χ1) is 7.92. The van der Waals surface area contributed by atoms with Gasteiger partial charge in [-0.2, -0.15) is 0 Å². The average molecular weight is 220 g/mol. The maximum Gasteiger partial charge on any atom is 0.225 e. The van der Waals surface area contributed by atoms with Gasteiger partial charge >= 0.3 is 0 Å². The van der Waals surface area contributed by atoms with E-state index in [-0.39, 0.29) is 0 Å². The summed E-state index contributed by atoms with van der Waals surface area (Å²) in [4.78, 5) is 11.1. The fourth-order valence-electron chi connectivity index (χ4n) is 2.23. The van der Waals surface area contributed by atoms with Crippen LogP contribution in [0.15, 0.2) is 18.5 Å². The molecule has 1 aromatic rings. The summed E-state index contributed by atoms with van der Waals surface area (Å²) < 4.78 is 0. The van der Waals surface area contributed by atoms with Gasteiger partial charge in [0.25, 0.3) is 0 Å². The second-order valence-electron chi connectivity index (χ2n) is 4.24. The van der Waals surface area contributed by atoms with Gasteiger partial charge in [-0.1, -0.05) is 6.92 Å². The number of hydrogen-bond acceptors (Lipinski definition) is 4. The van der Waals surface area contributed by atoms with Crippen molar-refractivity contribution in [3.63, 3.8) is 0 Å². The lowest BCUT2D eigenvalue weighted by molar-refractivity contribution is 0.426. The molecule has 1 atom stereocenters. The van der Waals surface area contributed by atoms with E-state index in [4.69, 9.17) is 0 Å². The largest absolute Gasteiger partial charge is 0.337 e. The summed E-state index contributed by atoms with van der Waals surface area (Å²) in [5, 5.41) is 3.45. The Kier molecular flexibility index (Phi) is 4.10. The molecule has 4 heteroatoms. The summed E-state index contributed by atoms with van der Waals surface area (Å²) in [7, 11) is 0. The van der Waals surface area contributed by atoms with Gasteiger partial charge in [-0.05, 0) is 31.9 Å². The maximum absolute atomic E-state index is 4.36. The van der Waals surface area contributed by atoms with Gasteiger partial charge in [0.1, 0.15) is 0 Å². The van der Waals surface area contributed by atoms with Crippen LogP contribution in [0.2, 0.25) is 0 Å². The Balaban J connectivity index is 2.09. The number of rotatable bonds is 4. The van der Waals surface area contributed by atoms with Crippen LogP contribution in [0, 0.1) is 0 Å². The van der Waals surface area contributed by atoms with Gasteiger partial charge in [0.2, 0.25) is 5.95 Å². The molecule has 1 unspecified atom stereocenters. The Labute approximate surface area is 97.1 Å². The van der Waals surface area contributed by atoms with Gasteiger partial charge in [0.05, 0.1) is 0 Å². The Morgan fingerprint density at radius 1 is 1.44 bits per heavy atom. The molecule has 2 rings (SSSR count). The zero-order chi connectivity index (χ0) is 11.2. The summed E-state index contributed by atoms with van der Waals surface area (Å²) >= 11 is 0. The molecule has 1 N–H and O–H groups in total. The van der Waals surface area contributed by atoms with Crippen molar-refractivity contribution < 1.29 is 0 Å². The maximum atomic E-state index is 4.36. The molecule has 0 aliphatic carbocycles. The van der Waals surface area contributed by atoms with Crippen LogP contribution >= 0.6 is 0 Å². The molecule has 1 saturated heterocycles. The Hall–Kier alpha value is -1.16. The molecule has 1 fully saturated rings. The zero-order valence-electron chi connectivity index (χ0n) is 9.89. The van der Waals surface area contributed by atoms with Crippen LogP contribution in [0.25, 0.3) is 0 Å². The molecule has 88 valence electrons. The first kappa shape index (κ1) is 11.3. The van der Waals surface area contributed by atoms with E-state index >= 15 is 0 Å². The molecular weight excluding hydrogens is 200 g/mol. The molecule has 16 heavy (non-hydrogen) atoms. The standard InChI is InChI=1S/C12H20N4/c1-2-9-16(11-5-3-6-13-10-11)12-14-7-4-8-15-12/h4,7-8,11,13H,2-3,5-6,9-10H2,1H3. The Bertz CT molecular complexity index is 295. The van der Waals surface area contributed by atoms with Gasteiger partial charge in [0, 0.05) is 31.5 Å². The van der Waals surface area contributed by atoms with E-state index in [2.05, 4.69) is 27.1 Å². The predicted octanol–water partition coefficient (Wildman–Crippen LogP) is 1.44. The van der Waals surface area contributed by atoms with Crippen LogP contribution in [0.1, 0.15) is 26.2 Å². The molecule has 0 saturated carbocycles. The van der Waals surface area contributed by atoms with E-state index in [1.807, 2.05) is 18.5 Å². The average Bonchev–Trinajstić information content (AvgIpc) is 2.38. The van der Waals surface area contributed by atoms with Crippen molar-refractivity contribution in [1.82, 2.24) is 15.3 Å².